The molecule has 0 aromatic rings. The third-order valence-corrected chi connectivity index (χ3v) is 7.84. The van der Waals surface area contributed by atoms with Crippen molar-refractivity contribution in [3.05, 3.63) is 0 Å². The quantitative estimate of drug-likeness (QED) is 0.175. The van der Waals surface area contributed by atoms with Crippen molar-refractivity contribution in [2.24, 2.45) is 0 Å². The summed E-state index contributed by atoms with van der Waals surface area (Å²) in [4.78, 5) is 33.9. The number of carbonyl (C=O) groups excluding carboxylic acids is 2. The summed E-state index contributed by atoms with van der Waals surface area (Å²) in [6, 6.07) is -0.872. The first-order valence-electron chi connectivity index (χ1n) is 10.5. The van der Waals surface area contributed by atoms with Crippen LogP contribution in [0.15, 0.2) is 0 Å². The minimum absolute atomic E-state index is 0.0772. The highest BCUT2D eigenvalue weighted by Crippen LogP contribution is 2.40. The van der Waals surface area contributed by atoms with Crippen LogP contribution in [0.4, 0.5) is 0 Å². The number of nitrogens with one attached hydrogen (secondary N) is 3. The van der Waals surface area contributed by atoms with Crippen LogP contribution in [0.5, 0.6) is 0 Å². The lowest BCUT2D eigenvalue weighted by molar-refractivity contribution is -0.139. The molecule has 1 aliphatic carbocycles. The van der Waals surface area contributed by atoms with Crippen LogP contribution in [0.3, 0.4) is 0 Å². The topological polar surface area (TPSA) is 126 Å². The van der Waals surface area contributed by atoms with Crippen LogP contribution in [-0.4, -0.2) is 96.5 Å². The molecule has 0 saturated heterocycles. The molecule has 1 rings (SSSR count). The van der Waals surface area contributed by atoms with E-state index in [4.69, 9.17) is 4.74 Å². The summed E-state index contributed by atoms with van der Waals surface area (Å²) >= 11 is 3.47. The third-order valence-electron chi connectivity index (χ3n) is 4.63. The van der Waals surface area contributed by atoms with Gasteiger partial charge in [0.1, 0.15) is 12.6 Å². The molecule has 31 heavy (non-hydrogen) atoms. The van der Waals surface area contributed by atoms with Gasteiger partial charge in [-0.15, -0.1) is 0 Å². The average molecular weight is 480 g/mol. The normalized spacial score (nSPS) is 20.4. The summed E-state index contributed by atoms with van der Waals surface area (Å²) in [6.07, 6.45) is 2.16. The maximum Gasteiger partial charge on any atom is 0.321 e. The lowest BCUT2D eigenvalue weighted by Crippen LogP contribution is -2.50. The van der Waals surface area contributed by atoms with Crippen molar-refractivity contribution in [1.82, 2.24) is 16.0 Å². The van der Waals surface area contributed by atoms with Gasteiger partial charge in [-0.2, -0.15) is 23.5 Å². The molecule has 1 amide bonds. The van der Waals surface area contributed by atoms with Gasteiger partial charge in [-0.25, -0.2) is 0 Å². The molecule has 1 fully saturated rings. The second-order valence-electron chi connectivity index (χ2n) is 8.32. The zero-order chi connectivity index (χ0) is 23.3. The van der Waals surface area contributed by atoms with Gasteiger partial charge in [0.2, 0.25) is 5.91 Å². The summed E-state index contributed by atoms with van der Waals surface area (Å²) in [5.74, 6) is 0.285. The molecule has 0 bridgehead atoms. The minimum atomic E-state index is -0.821. The molecule has 180 valence electrons. The van der Waals surface area contributed by atoms with Crippen LogP contribution in [-0.2, 0) is 23.9 Å². The zero-order valence-electron chi connectivity index (χ0n) is 18.8. The van der Waals surface area contributed by atoms with Crippen molar-refractivity contribution in [3.8, 4) is 0 Å². The molecule has 0 aromatic heterocycles. The van der Waals surface area contributed by atoms with E-state index in [0.717, 1.165) is 12.8 Å². The van der Waals surface area contributed by atoms with E-state index >= 15 is 0 Å². The van der Waals surface area contributed by atoms with Crippen molar-refractivity contribution in [1.29, 1.82) is 0 Å². The molecular weight excluding hydrogens is 442 g/mol. The molecular formula is C20H37N3O6S2. The minimum Gasteiger partial charge on any atom is -0.480 e. The third kappa shape index (κ3) is 12.0. The van der Waals surface area contributed by atoms with Crippen LogP contribution in [0.25, 0.3) is 0 Å². The Morgan fingerprint density at radius 2 is 1.71 bits per heavy atom. The molecule has 4 unspecified atom stereocenters. The summed E-state index contributed by atoms with van der Waals surface area (Å²) in [5, 5.41) is 19.4. The molecule has 1 aliphatic rings. The van der Waals surface area contributed by atoms with E-state index in [2.05, 4.69) is 20.7 Å². The fourth-order valence-corrected chi connectivity index (χ4v) is 6.08. The van der Waals surface area contributed by atoms with Crippen molar-refractivity contribution >= 4 is 41.9 Å². The van der Waals surface area contributed by atoms with E-state index in [1.165, 1.54) is 0 Å². The van der Waals surface area contributed by atoms with E-state index < -0.39 is 12.0 Å². The van der Waals surface area contributed by atoms with Crippen molar-refractivity contribution in [2.75, 3.05) is 44.9 Å². The van der Waals surface area contributed by atoms with E-state index in [9.17, 15) is 19.5 Å². The van der Waals surface area contributed by atoms with Crippen LogP contribution in [0.1, 0.15) is 33.6 Å². The number of hydrogen-bond acceptors (Lipinski definition) is 9. The Bertz CT molecular complexity index is 562. The van der Waals surface area contributed by atoms with Gasteiger partial charge >= 0.3 is 5.97 Å². The first-order valence-corrected chi connectivity index (χ1v) is 12.6. The molecule has 0 aromatic carbocycles. The first-order chi connectivity index (χ1) is 14.7. The van der Waals surface area contributed by atoms with Gasteiger partial charge in [-0.1, -0.05) is 0 Å². The molecule has 11 heteroatoms. The van der Waals surface area contributed by atoms with Gasteiger partial charge < -0.3 is 25.2 Å². The molecule has 4 N–H and O–H groups in total. The second-order valence-corrected chi connectivity index (χ2v) is 10.9. The highest BCUT2D eigenvalue weighted by Gasteiger charge is 2.34. The maximum absolute atomic E-state index is 12.3. The van der Waals surface area contributed by atoms with Crippen LogP contribution in [0, 0.1) is 0 Å². The Kier molecular flexibility index (Phi) is 13.5. The molecule has 0 aliphatic heterocycles. The van der Waals surface area contributed by atoms with E-state index in [0.29, 0.717) is 48.2 Å². The molecule has 0 heterocycles. The number of carboxylic acid groups (broad SMARTS) is 1. The Balaban J connectivity index is 2.29. The van der Waals surface area contributed by atoms with Gasteiger partial charge in [0.15, 0.2) is 0 Å². The van der Waals surface area contributed by atoms with Crippen LogP contribution < -0.4 is 16.0 Å². The fourth-order valence-electron chi connectivity index (χ4n) is 2.87. The Labute approximate surface area is 193 Å². The number of carboxylic acids is 1. The Morgan fingerprint density at radius 1 is 1.10 bits per heavy atom. The Morgan fingerprint density at radius 3 is 2.19 bits per heavy atom. The molecule has 0 spiro atoms. The van der Waals surface area contributed by atoms with Crippen molar-refractivity contribution in [2.45, 2.75) is 61.7 Å². The summed E-state index contributed by atoms with van der Waals surface area (Å²) in [5.41, 5.74) is -0.251. The Hall–Kier alpha value is -1.01. The van der Waals surface area contributed by atoms with Gasteiger partial charge in [0.25, 0.3) is 6.47 Å². The number of thioether (sulfide) groups is 2. The SMILES string of the molecule is CNC(CSC1CCC1SCC(NC(C)(C)C)C(=O)O)C(=O)NCCOCCOC=O. The fraction of sp³-hybridized carbons (Fsp3) is 0.850. The lowest BCUT2D eigenvalue weighted by atomic mass is 9.99. The number of carbonyl (C=O) groups is 3. The number of ether oxygens (including phenoxy) is 2. The van der Waals surface area contributed by atoms with Gasteiger partial charge in [-0.05, 0) is 40.7 Å². The average Bonchev–Trinajstić information content (AvgIpc) is 2.67. The van der Waals surface area contributed by atoms with Crippen LogP contribution >= 0.6 is 23.5 Å². The standard InChI is InChI=1S/C20H37N3O6S2/c1-20(2,3)23-15(19(26)27)12-31-17-6-5-16(17)30-11-14(21-4)18(25)22-7-8-28-9-10-29-13-24/h13-17,21,23H,5-12H2,1-4H3,(H,22,25)(H,26,27). The summed E-state index contributed by atoms with van der Waals surface area (Å²) in [6.45, 7) is 7.52. The smallest absolute Gasteiger partial charge is 0.321 e. The number of rotatable bonds is 17. The van der Waals surface area contributed by atoms with Gasteiger partial charge in [-0.3, -0.25) is 19.7 Å². The molecule has 4 atom stereocenters. The molecule has 1 saturated carbocycles. The number of likely N-dealkylation sites (N-methyl/N-ethyl adjacent to an activating group) is 1. The van der Waals surface area contributed by atoms with E-state index in [-0.39, 0.29) is 24.1 Å². The molecule has 0 radical (unpaired) electrons. The highest BCUT2D eigenvalue weighted by molar-refractivity contribution is 8.04. The van der Waals surface area contributed by atoms with Gasteiger partial charge in [0, 0.05) is 34.1 Å². The zero-order valence-corrected chi connectivity index (χ0v) is 20.5. The number of hydrogen-bond donors (Lipinski definition) is 4. The van der Waals surface area contributed by atoms with E-state index in [1.54, 1.807) is 30.6 Å². The lowest BCUT2D eigenvalue weighted by Gasteiger charge is -2.37. The largest absolute Gasteiger partial charge is 0.480 e. The summed E-state index contributed by atoms with van der Waals surface area (Å²) in [7, 11) is 1.76. The summed E-state index contributed by atoms with van der Waals surface area (Å²) < 4.78 is 9.78. The second kappa shape index (κ2) is 14.9. The number of amides is 1. The highest BCUT2D eigenvalue weighted by atomic mass is 32.2. The van der Waals surface area contributed by atoms with Gasteiger partial charge in [0.05, 0.1) is 19.3 Å². The van der Waals surface area contributed by atoms with E-state index in [1.807, 2.05) is 20.8 Å². The first kappa shape index (κ1) is 28.0. The van der Waals surface area contributed by atoms with Crippen molar-refractivity contribution < 1.29 is 29.0 Å². The number of aliphatic carboxylic acids is 1. The van der Waals surface area contributed by atoms with Crippen molar-refractivity contribution in [3.63, 3.8) is 0 Å². The predicted octanol–water partition coefficient (Wildman–Crippen LogP) is 0.719. The molecule has 9 nitrogen and oxygen atoms in total. The van der Waals surface area contributed by atoms with Crippen LogP contribution in [0.2, 0.25) is 0 Å². The predicted molar refractivity (Wildman–Crippen MR) is 125 cm³/mol. The maximum atomic E-state index is 12.3. The monoisotopic (exact) mass is 479 g/mol.